The predicted octanol–water partition coefficient (Wildman–Crippen LogP) is 2.16. The number of ether oxygens (including phenoxy) is 1. The molecule has 0 aromatic heterocycles. The van der Waals surface area contributed by atoms with Crippen LogP contribution in [-0.4, -0.2) is 11.8 Å². The average molecular weight is 202 g/mol. The molecule has 0 spiro atoms. The molecule has 1 aliphatic heterocycles. The lowest BCUT2D eigenvalue weighted by molar-refractivity contribution is 0.159. The molecule has 78 valence electrons. The zero-order chi connectivity index (χ0) is 10.9. The molecule has 2 rings (SSSR count). The Hall–Kier alpha value is -1.77. The van der Waals surface area contributed by atoms with E-state index in [1.807, 2.05) is 38.1 Å². The summed E-state index contributed by atoms with van der Waals surface area (Å²) in [5, 5.41) is 3.49. The standard InChI is InChI=1S/C12H14N2O/c1-12(2)6-5-10-7-9(8-14-13)3-4-11(10)15-12/h3-8H,13H2,1-2H3. The molecular weight excluding hydrogens is 188 g/mol. The molecule has 1 aromatic rings. The summed E-state index contributed by atoms with van der Waals surface area (Å²) in [6, 6.07) is 5.87. The monoisotopic (exact) mass is 202 g/mol. The van der Waals surface area contributed by atoms with Crippen LogP contribution in [0.4, 0.5) is 0 Å². The number of fused-ring (bicyclic) bond motifs is 1. The quantitative estimate of drug-likeness (QED) is 0.431. The molecule has 0 radical (unpaired) electrons. The number of nitrogens with two attached hydrogens (primary N) is 1. The normalized spacial score (nSPS) is 17.5. The molecule has 0 amide bonds. The van der Waals surface area contributed by atoms with Gasteiger partial charge in [0.05, 0.1) is 6.21 Å². The van der Waals surface area contributed by atoms with E-state index in [1.165, 1.54) is 0 Å². The summed E-state index contributed by atoms with van der Waals surface area (Å²) in [7, 11) is 0. The maximum atomic E-state index is 5.79. The third kappa shape index (κ3) is 2.01. The van der Waals surface area contributed by atoms with Gasteiger partial charge in [0.2, 0.25) is 0 Å². The first-order valence-electron chi connectivity index (χ1n) is 4.86. The molecule has 0 bridgehead atoms. The van der Waals surface area contributed by atoms with Crippen molar-refractivity contribution in [1.29, 1.82) is 0 Å². The lowest BCUT2D eigenvalue weighted by Gasteiger charge is -2.27. The highest BCUT2D eigenvalue weighted by molar-refractivity contribution is 5.81. The van der Waals surface area contributed by atoms with Crippen molar-refractivity contribution in [2.75, 3.05) is 0 Å². The van der Waals surface area contributed by atoms with Gasteiger partial charge in [0.1, 0.15) is 11.4 Å². The van der Waals surface area contributed by atoms with Crippen LogP contribution in [-0.2, 0) is 0 Å². The molecule has 0 aliphatic carbocycles. The molecule has 0 saturated carbocycles. The summed E-state index contributed by atoms with van der Waals surface area (Å²) >= 11 is 0. The van der Waals surface area contributed by atoms with Crippen LogP contribution >= 0.6 is 0 Å². The highest BCUT2D eigenvalue weighted by Crippen LogP contribution is 2.30. The van der Waals surface area contributed by atoms with E-state index in [2.05, 4.69) is 11.2 Å². The molecule has 15 heavy (non-hydrogen) atoms. The summed E-state index contributed by atoms with van der Waals surface area (Å²) in [5.74, 6) is 6.00. The minimum atomic E-state index is -0.226. The van der Waals surface area contributed by atoms with Crippen LogP contribution in [0.2, 0.25) is 0 Å². The first-order valence-corrected chi connectivity index (χ1v) is 4.86. The Morgan fingerprint density at radius 3 is 2.93 bits per heavy atom. The molecule has 1 aromatic carbocycles. The molecule has 0 fully saturated rings. The van der Waals surface area contributed by atoms with Gasteiger partial charge in [0.15, 0.2) is 0 Å². The SMILES string of the molecule is CC1(C)C=Cc2cc(C=NN)ccc2O1. The van der Waals surface area contributed by atoms with Gasteiger partial charge in [-0.2, -0.15) is 5.10 Å². The van der Waals surface area contributed by atoms with Crippen LogP contribution in [0.15, 0.2) is 29.4 Å². The van der Waals surface area contributed by atoms with Gasteiger partial charge in [0, 0.05) is 5.56 Å². The lowest BCUT2D eigenvalue weighted by Crippen LogP contribution is -2.27. The van der Waals surface area contributed by atoms with Gasteiger partial charge in [-0.3, -0.25) is 0 Å². The number of benzene rings is 1. The summed E-state index contributed by atoms with van der Waals surface area (Å²) in [6.45, 7) is 4.06. The van der Waals surface area contributed by atoms with Crippen molar-refractivity contribution in [1.82, 2.24) is 0 Å². The Morgan fingerprint density at radius 2 is 2.20 bits per heavy atom. The van der Waals surface area contributed by atoms with E-state index >= 15 is 0 Å². The van der Waals surface area contributed by atoms with Gasteiger partial charge >= 0.3 is 0 Å². The second kappa shape index (κ2) is 3.42. The Bertz CT molecular complexity index is 433. The van der Waals surface area contributed by atoms with Crippen molar-refractivity contribution in [3.05, 3.63) is 35.4 Å². The van der Waals surface area contributed by atoms with Gasteiger partial charge in [-0.25, -0.2) is 0 Å². The summed E-state index contributed by atoms with van der Waals surface area (Å²) in [6.07, 6.45) is 5.72. The number of nitrogens with zero attached hydrogens (tertiary/aromatic N) is 1. The summed E-state index contributed by atoms with van der Waals surface area (Å²) in [5.41, 5.74) is 1.81. The van der Waals surface area contributed by atoms with Gasteiger partial charge in [0.25, 0.3) is 0 Å². The van der Waals surface area contributed by atoms with Gasteiger partial charge in [-0.15, -0.1) is 0 Å². The van der Waals surface area contributed by atoms with Crippen LogP contribution in [0.5, 0.6) is 5.75 Å². The fourth-order valence-electron chi connectivity index (χ4n) is 1.56. The third-order valence-corrected chi connectivity index (χ3v) is 2.29. The van der Waals surface area contributed by atoms with Crippen LogP contribution in [0.3, 0.4) is 0 Å². The van der Waals surface area contributed by atoms with Crippen LogP contribution in [0, 0.1) is 0 Å². The van der Waals surface area contributed by atoms with Crippen LogP contribution in [0.1, 0.15) is 25.0 Å². The molecule has 0 unspecified atom stereocenters. The minimum Gasteiger partial charge on any atom is -0.483 e. The number of hydrogen-bond acceptors (Lipinski definition) is 3. The van der Waals surface area contributed by atoms with Gasteiger partial charge in [-0.1, -0.05) is 6.08 Å². The van der Waals surface area contributed by atoms with Crippen molar-refractivity contribution in [3.63, 3.8) is 0 Å². The van der Waals surface area contributed by atoms with Crippen LogP contribution < -0.4 is 10.6 Å². The molecule has 0 saturated heterocycles. The van der Waals surface area contributed by atoms with Gasteiger partial charge < -0.3 is 10.6 Å². The lowest BCUT2D eigenvalue weighted by atomic mass is 10.0. The van der Waals surface area contributed by atoms with Gasteiger partial charge in [-0.05, 0) is 43.7 Å². The number of hydrogen-bond donors (Lipinski definition) is 1. The second-order valence-corrected chi connectivity index (χ2v) is 4.11. The minimum absolute atomic E-state index is 0.226. The zero-order valence-corrected chi connectivity index (χ0v) is 8.90. The Morgan fingerprint density at radius 1 is 1.40 bits per heavy atom. The maximum Gasteiger partial charge on any atom is 0.127 e. The largest absolute Gasteiger partial charge is 0.483 e. The van der Waals surface area contributed by atoms with Crippen molar-refractivity contribution in [2.24, 2.45) is 10.9 Å². The van der Waals surface area contributed by atoms with E-state index in [-0.39, 0.29) is 5.60 Å². The van der Waals surface area contributed by atoms with E-state index < -0.39 is 0 Å². The second-order valence-electron chi connectivity index (χ2n) is 4.11. The topological polar surface area (TPSA) is 47.6 Å². The molecule has 1 aliphatic rings. The number of hydrazone groups is 1. The number of rotatable bonds is 1. The fourth-order valence-corrected chi connectivity index (χ4v) is 1.56. The van der Waals surface area contributed by atoms with Crippen molar-refractivity contribution in [3.8, 4) is 5.75 Å². The molecule has 1 heterocycles. The van der Waals surface area contributed by atoms with Crippen LogP contribution in [0.25, 0.3) is 6.08 Å². The first kappa shape index (κ1) is 9.77. The summed E-state index contributed by atoms with van der Waals surface area (Å²) < 4.78 is 5.79. The first-order chi connectivity index (χ1) is 7.11. The van der Waals surface area contributed by atoms with E-state index in [1.54, 1.807) is 6.21 Å². The van der Waals surface area contributed by atoms with Crippen molar-refractivity contribution in [2.45, 2.75) is 19.4 Å². The van der Waals surface area contributed by atoms with E-state index in [4.69, 9.17) is 10.6 Å². The Balaban J connectivity index is 2.40. The predicted molar refractivity (Wildman–Crippen MR) is 62.0 cm³/mol. The summed E-state index contributed by atoms with van der Waals surface area (Å²) in [4.78, 5) is 0. The third-order valence-electron chi connectivity index (χ3n) is 2.29. The Labute approximate surface area is 89.2 Å². The molecule has 3 heteroatoms. The highest BCUT2D eigenvalue weighted by atomic mass is 16.5. The molecule has 3 nitrogen and oxygen atoms in total. The molecule has 2 N–H and O–H groups in total. The highest BCUT2D eigenvalue weighted by Gasteiger charge is 2.21. The average Bonchev–Trinajstić information content (AvgIpc) is 2.18. The van der Waals surface area contributed by atoms with E-state index in [0.717, 1.165) is 16.9 Å². The smallest absolute Gasteiger partial charge is 0.127 e. The van der Waals surface area contributed by atoms with E-state index in [0.29, 0.717) is 0 Å². The molecule has 0 atom stereocenters. The van der Waals surface area contributed by atoms with Crippen molar-refractivity contribution < 1.29 is 4.74 Å². The van der Waals surface area contributed by atoms with E-state index in [9.17, 15) is 0 Å². The van der Waals surface area contributed by atoms with Crippen molar-refractivity contribution >= 4 is 12.3 Å². The fraction of sp³-hybridized carbons (Fsp3) is 0.250. The zero-order valence-electron chi connectivity index (χ0n) is 8.90. The maximum absolute atomic E-state index is 5.79. The molecular formula is C12H14N2O. The Kier molecular flexibility index (Phi) is 2.23.